The van der Waals surface area contributed by atoms with Gasteiger partial charge in [-0.1, -0.05) is 11.6 Å². The van der Waals surface area contributed by atoms with Crippen LogP contribution in [0.4, 0.5) is 19.0 Å². The van der Waals surface area contributed by atoms with E-state index >= 15 is 0 Å². The quantitative estimate of drug-likeness (QED) is 0.486. The zero-order chi connectivity index (χ0) is 25.4. The molecule has 3 aliphatic heterocycles. The lowest BCUT2D eigenvalue weighted by atomic mass is 9.57. The molecule has 7 rings (SSSR count). The molecule has 0 bridgehead atoms. The van der Waals surface area contributed by atoms with Gasteiger partial charge in [-0.25, -0.2) is 18.2 Å². The lowest BCUT2D eigenvalue weighted by molar-refractivity contribution is -0.179. The molecular weight excluding hydrogens is 505 g/mol. The molecule has 0 N–H and O–H groups in total. The summed E-state index contributed by atoms with van der Waals surface area (Å²) in [6, 6.07) is 8.77. The Bertz CT molecular complexity index is 1330. The maximum Gasteiger partial charge on any atom is 0.267 e. The van der Waals surface area contributed by atoms with Crippen LogP contribution in [0.5, 0.6) is 0 Å². The summed E-state index contributed by atoms with van der Waals surface area (Å²) in [6.07, 6.45) is 3.18. The Morgan fingerprint density at radius 3 is 2.59 bits per heavy atom. The Hall–Kier alpha value is -2.69. The van der Waals surface area contributed by atoms with Crippen LogP contribution >= 0.6 is 11.6 Å². The lowest BCUT2D eigenvalue weighted by Crippen LogP contribution is -2.62. The van der Waals surface area contributed by atoms with Crippen LogP contribution in [-0.2, 0) is 17.8 Å². The van der Waals surface area contributed by atoms with Crippen LogP contribution in [0.3, 0.4) is 0 Å². The molecule has 1 saturated carbocycles. The molecule has 2 aromatic heterocycles. The van der Waals surface area contributed by atoms with Crippen molar-refractivity contribution in [1.82, 2.24) is 24.6 Å². The number of aromatic nitrogens is 4. The number of benzene rings is 1. The summed E-state index contributed by atoms with van der Waals surface area (Å²) in [4.78, 5) is 8.11. The van der Waals surface area contributed by atoms with Crippen LogP contribution in [0.15, 0.2) is 36.5 Å². The molecule has 0 unspecified atom stereocenters. The molecule has 0 atom stereocenters. The summed E-state index contributed by atoms with van der Waals surface area (Å²) in [5, 5.41) is 9.61. The molecule has 0 radical (unpaired) electrons. The number of anilines is 1. The van der Waals surface area contributed by atoms with Crippen molar-refractivity contribution in [3.05, 3.63) is 64.6 Å². The van der Waals surface area contributed by atoms with Gasteiger partial charge in [-0.05, 0) is 48.7 Å². The number of pyridine rings is 1. The highest BCUT2D eigenvalue weighted by Gasteiger charge is 2.54. The van der Waals surface area contributed by atoms with Crippen molar-refractivity contribution < 1.29 is 17.9 Å². The van der Waals surface area contributed by atoms with Gasteiger partial charge in [-0.3, -0.25) is 9.47 Å². The number of hydrogen-bond acceptors (Lipinski definition) is 6. The normalized spacial score (nSPS) is 21.6. The molecule has 37 heavy (non-hydrogen) atoms. The number of alkyl halides is 2. The third kappa shape index (κ3) is 4.00. The van der Waals surface area contributed by atoms with Crippen LogP contribution < -0.4 is 4.90 Å². The molecule has 1 aromatic carbocycles. The van der Waals surface area contributed by atoms with Gasteiger partial charge in [-0.15, -0.1) is 10.2 Å². The Labute approximate surface area is 217 Å². The van der Waals surface area contributed by atoms with Crippen molar-refractivity contribution in [2.24, 2.45) is 11.3 Å². The van der Waals surface area contributed by atoms with Gasteiger partial charge < -0.3 is 9.64 Å². The maximum atomic E-state index is 14.9. The first-order chi connectivity index (χ1) is 17.8. The minimum atomic E-state index is -2.84. The van der Waals surface area contributed by atoms with E-state index < -0.39 is 11.8 Å². The van der Waals surface area contributed by atoms with E-state index in [9.17, 15) is 13.2 Å². The molecule has 11 heteroatoms. The Morgan fingerprint density at radius 1 is 1.08 bits per heavy atom. The fourth-order valence-corrected chi connectivity index (χ4v) is 6.48. The predicted molar refractivity (Wildman–Crippen MR) is 131 cm³/mol. The SMILES string of the molecule is Fc1ccc(N2CC3(CC(c4nnc5n4-c4ccc(Cl)cc4CN(CC(F)(F)C4COC4)C5)C3)C2)nc1. The molecule has 1 spiro atoms. The van der Waals surface area contributed by atoms with Crippen LogP contribution in [0.2, 0.25) is 5.02 Å². The number of fused-ring (bicyclic) bond motifs is 3. The molecule has 0 amide bonds. The highest BCUT2D eigenvalue weighted by molar-refractivity contribution is 6.30. The van der Waals surface area contributed by atoms with Gasteiger partial charge in [-0.2, -0.15) is 0 Å². The van der Waals surface area contributed by atoms with Gasteiger partial charge in [0, 0.05) is 36.0 Å². The second kappa shape index (κ2) is 8.41. The van der Waals surface area contributed by atoms with Crippen LogP contribution in [0.25, 0.3) is 5.69 Å². The zero-order valence-electron chi connectivity index (χ0n) is 20.1. The Balaban J connectivity index is 1.12. The largest absolute Gasteiger partial charge is 0.380 e. The fourth-order valence-electron chi connectivity index (χ4n) is 6.28. The minimum Gasteiger partial charge on any atom is -0.380 e. The maximum absolute atomic E-state index is 14.9. The van der Waals surface area contributed by atoms with E-state index in [4.69, 9.17) is 16.3 Å². The summed E-state index contributed by atoms with van der Waals surface area (Å²) in [7, 11) is 0. The van der Waals surface area contributed by atoms with Crippen LogP contribution in [0.1, 0.15) is 36.0 Å². The monoisotopic (exact) mass is 530 g/mol. The molecule has 3 aromatic rings. The summed E-state index contributed by atoms with van der Waals surface area (Å²) < 4.78 is 50.1. The van der Waals surface area contributed by atoms with Gasteiger partial charge in [0.05, 0.1) is 44.1 Å². The van der Waals surface area contributed by atoms with Crippen molar-refractivity contribution in [2.45, 2.75) is 37.8 Å². The number of nitrogens with zero attached hydrogens (tertiary/aromatic N) is 6. The molecule has 3 fully saturated rings. The number of rotatable bonds is 5. The summed E-state index contributed by atoms with van der Waals surface area (Å²) >= 11 is 6.32. The predicted octanol–water partition coefficient (Wildman–Crippen LogP) is 4.44. The van der Waals surface area contributed by atoms with Crippen LogP contribution in [-0.4, -0.2) is 63.4 Å². The molecule has 7 nitrogen and oxygen atoms in total. The van der Waals surface area contributed by atoms with Crippen molar-refractivity contribution >= 4 is 17.4 Å². The molecule has 1 aliphatic carbocycles. The van der Waals surface area contributed by atoms with Crippen molar-refractivity contribution in [3.63, 3.8) is 0 Å². The second-order valence-electron chi connectivity index (χ2n) is 11.0. The first-order valence-corrected chi connectivity index (χ1v) is 12.9. The highest BCUT2D eigenvalue weighted by atomic mass is 35.5. The average Bonchev–Trinajstić information content (AvgIpc) is 3.07. The highest BCUT2D eigenvalue weighted by Crippen LogP contribution is 2.56. The number of ether oxygens (including phenoxy) is 1. The standard InChI is InChI=1S/C26H26ClF3N6O/c27-19-1-3-21-16(5-19)9-34(15-26(29,30)18-11-37-12-18)10-23-32-33-24(36(21)23)17-6-25(7-17)13-35(14-25)22-4-2-20(28)8-31-22/h1-5,8,17-18H,6-7,9-15H2. The minimum absolute atomic E-state index is 0.0989. The van der Waals surface area contributed by atoms with E-state index in [1.54, 1.807) is 11.0 Å². The topological polar surface area (TPSA) is 59.3 Å². The smallest absolute Gasteiger partial charge is 0.267 e. The van der Waals surface area contributed by atoms with Crippen molar-refractivity contribution in [2.75, 3.05) is 37.7 Å². The fraction of sp³-hybridized carbons (Fsp3) is 0.500. The van der Waals surface area contributed by atoms with E-state index in [2.05, 4.69) is 24.6 Å². The molecule has 5 heterocycles. The van der Waals surface area contributed by atoms with Crippen molar-refractivity contribution in [1.29, 1.82) is 0 Å². The molecule has 2 saturated heterocycles. The van der Waals surface area contributed by atoms with E-state index in [0.29, 0.717) is 17.4 Å². The van der Waals surface area contributed by atoms with E-state index in [1.807, 2.05) is 18.2 Å². The first kappa shape index (κ1) is 23.4. The Morgan fingerprint density at radius 2 is 1.89 bits per heavy atom. The van der Waals surface area contributed by atoms with E-state index in [0.717, 1.165) is 48.8 Å². The van der Waals surface area contributed by atoms with Gasteiger partial charge in [0.1, 0.15) is 17.5 Å². The first-order valence-electron chi connectivity index (χ1n) is 12.6. The van der Waals surface area contributed by atoms with Gasteiger partial charge in [0.15, 0.2) is 5.82 Å². The molecule has 194 valence electrons. The van der Waals surface area contributed by atoms with Gasteiger partial charge >= 0.3 is 0 Å². The summed E-state index contributed by atoms with van der Waals surface area (Å²) in [6.45, 7) is 2.23. The molecular formula is C26H26ClF3N6O. The van der Waals surface area contributed by atoms with Crippen molar-refractivity contribution in [3.8, 4) is 5.69 Å². The second-order valence-corrected chi connectivity index (χ2v) is 11.5. The number of halogens is 4. The van der Waals surface area contributed by atoms with Crippen LogP contribution in [0, 0.1) is 17.2 Å². The summed E-state index contributed by atoms with van der Waals surface area (Å²) in [5.41, 5.74) is 1.99. The van der Waals surface area contributed by atoms with Gasteiger partial charge in [0.2, 0.25) is 0 Å². The van der Waals surface area contributed by atoms with E-state index in [-0.39, 0.29) is 43.5 Å². The Kier molecular flexibility index (Phi) is 5.32. The summed E-state index contributed by atoms with van der Waals surface area (Å²) in [5.74, 6) is -1.36. The third-order valence-electron chi connectivity index (χ3n) is 8.28. The molecule has 4 aliphatic rings. The average molecular weight is 531 g/mol. The number of hydrogen-bond donors (Lipinski definition) is 0. The zero-order valence-corrected chi connectivity index (χ0v) is 20.8. The van der Waals surface area contributed by atoms with E-state index in [1.165, 1.54) is 12.3 Å². The van der Waals surface area contributed by atoms with Gasteiger partial charge in [0.25, 0.3) is 5.92 Å². The third-order valence-corrected chi connectivity index (χ3v) is 8.51. The lowest BCUT2D eigenvalue weighted by Gasteiger charge is -2.59.